The molecule has 1 aliphatic heterocycles. The van der Waals surface area contributed by atoms with E-state index < -0.39 is 0 Å². The van der Waals surface area contributed by atoms with Crippen molar-refractivity contribution >= 4 is 28.4 Å². The molecular weight excluding hydrogens is 348 g/mol. The molecule has 1 saturated heterocycles. The van der Waals surface area contributed by atoms with Crippen molar-refractivity contribution in [3.63, 3.8) is 0 Å². The highest BCUT2D eigenvalue weighted by molar-refractivity contribution is 6.31. The number of para-hydroxylation sites is 1. The first-order valence-electron chi connectivity index (χ1n) is 8.73. The van der Waals surface area contributed by atoms with Crippen LogP contribution in [0, 0.1) is 0 Å². The van der Waals surface area contributed by atoms with Crippen LogP contribution in [-0.2, 0) is 11.2 Å². The number of pyridine rings is 1. The van der Waals surface area contributed by atoms with Gasteiger partial charge >= 0.3 is 0 Å². The maximum atomic E-state index is 12.5. The highest BCUT2D eigenvalue weighted by Gasteiger charge is 2.28. The summed E-state index contributed by atoms with van der Waals surface area (Å²) in [6.07, 6.45) is 1.10. The van der Waals surface area contributed by atoms with E-state index >= 15 is 0 Å². The SMILES string of the molecule is O=C(Cc1ccccc1Cl)N1CC[C@H](Oc2ccc3ccccc3n2)C1. The summed E-state index contributed by atoms with van der Waals surface area (Å²) < 4.78 is 6.01. The van der Waals surface area contributed by atoms with Gasteiger partial charge in [-0.1, -0.05) is 48.0 Å². The zero-order chi connectivity index (χ0) is 17.9. The molecule has 0 bridgehead atoms. The number of amides is 1. The molecule has 2 heterocycles. The molecule has 1 fully saturated rings. The molecule has 0 unspecified atom stereocenters. The quantitative estimate of drug-likeness (QED) is 0.697. The second-order valence-corrected chi connectivity index (χ2v) is 6.89. The number of halogens is 1. The number of hydrogen-bond donors (Lipinski definition) is 0. The molecule has 4 rings (SSSR count). The molecule has 5 heteroatoms. The van der Waals surface area contributed by atoms with E-state index in [1.54, 1.807) is 0 Å². The smallest absolute Gasteiger partial charge is 0.227 e. The lowest BCUT2D eigenvalue weighted by Crippen LogP contribution is -2.32. The van der Waals surface area contributed by atoms with Crippen LogP contribution in [0.15, 0.2) is 60.7 Å². The summed E-state index contributed by atoms with van der Waals surface area (Å²) in [4.78, 5) is 18.9. The number of likely N-dealkylation sites (tertiary alicyclic amines) is 1. The lowest BCUT2D eigenvalue weighted by Gasteiger charge is -2.17. The van der Waals surface area contributed by atoms with Gasteiger partial charge in [-0.05, 0) is 23.8 Å². The summed E-state index contributed by atoms with van der Waals surface area (Å²) in [7, 11) is 0. The Morgan fingerprint density at radius 2 is 1.92 bits per heavy atom. The number of nitrogens with zero attached hydrogens (tertiary/aromatic N) is 2. The molecule has 0 spiro atoms. The summed E-state index contributed by atoms with van der Waals surface area (Å²) in [6.45, 7) is 1.28. The molecule has 0 N–H and O–H groups in total. The van der Waals surface area contributed by atoms with E-state index in [4.69, 9.17) is 16.3 Å². The third-order valence-electron chi connectivity index (χ3n) is 4.66. The van der Waals surface area contributed by atoms with Crippen LogP contribution >= 0.6 is 11.6 Å². The van der Waals surface area contributed by atoms with E-state index in [9.17, 15) is 4.79 Å². The first kappa shape index (κ1) is 16.9. The third-order valence-corrected chi connectivity index (χ3v) is 5.03. The van der Waals surface area contributed by atoms with E-state index in [2.05, 4.69) is 4.98 Å². The predicted molar refractivity (Wildman–Crippen MR) is 103 cm³/mol. The number of fused-ring (bicyclic) bond motifs is 1. The van der Waals surface area contributed by atoms with Crippen LogP contribution in [0.5, 0.6) is 5.88 Å². The maximum absolute atomic E-state index is 12.5. The number of aromatic nitrogens is 1. The van der Waals surface area contributed by atoms with Crippen LogP contribution in [0.25, 0.3) is 10.9 Å². The van der Waals surface area contributed by atoms with Gasteiger partial charge in [0.1, 0.15) is 6.10 Å². The fourth-order valence-corrected chi connectivity index (χ4v) is 3.45. The highest BCUT2D eigenvalue weighted by atomic mass is 35.5. The molecular formula is C21H19ClN2O2. The van der Waals surface area contributed by atoms with Gasteiger partial charge in [-0.25, -0.2) is 4.98 Å². The minimum Gasteiger partial charge on any atom is -0.472 e. The fraction of sp³-hybridized carbons (Fsp3) is 0.238. The number of ether oxygens (including phenoxy) is 1. The van der Waals surface area contributed by atoms with Crippen LogP contribution in [0.3, 0.4) is 0 Å². The second-order valence-electron chi connectivity index (χ2n) is 6.48. The molecule has 1 amide bonds. The van der Waals surface area contributed by atoms with Gasteiger partial charge in [0.2, 0.25) is 11.8 Å². The molecule has 0 saturated carbocycles. The van der Waals surface area contributed by atoms with Crippen molar-refractivity contribution in [2.24, 2.45) is 0 Å². The van der Waals surface area contributed by atoms with Crippen molar-refractivity contribution in [1.82, 2.24) is 9.88 Å². The average molecular weight is 367 g/mol. The van der Waals surface area contributed by atoms with Crippen molar-refractivity contribution in [1.29, 1.82) is 0 Å². The number of carbonyl (C=O) groups is 1. The predicted octanol–water partition coefficient (Wildman–Crippen LogP) is 4.11. The Morgan fingerprint density at radius 1 is 1.12 bits per heavy atom. The Morgan fingerprint density at radius 3 is 2.81 bits per heavy atom. The lowest BCUT2D eigenvalue weighted by atomic mass is 10.1. The Bertz CT molecular complexity index is 944. The van der Waals surface area contributed by atoms with Crippen LogP contribution in [0.2, 0.25) is 5.02 Å². The minimum atomic E-state index is -0.0288. The van der Waals surface area contributed by atoms with Crippen LogP contribution < -0.4 is 4.74 Å². The molecule has 3 aromatic rings. The van der Waals surface area contributed by atoms with Gasteiger partial charge in [-0.2, -0.15) is 0 Å². The van der Waals surface area contributed by atoms with Gasteiger partial charge in [0, 0.05) is 29.4 Å². The van der Waals surface area contributed by atoms with Crippen molar-refractivity contribution in [3.8, 4) is 5.88 Å². The van der Waals surface area contributed by atoms with E-state index in [-0.39, 0.29) is 12.0 Å². The molecule has 1 atom stereocenters. The van der Waals surface area contributed by atoms with Gasteiger partial charge in [-0.15, -0.1) is 0 Å². The van der Waals surface area contributed by atoms with E-state index in [0.717, 1.165) is 22.9 Å². The van der Waals surface area contributed by atoms with E-state index in [0.29, 0.717) is 30.4 Å². The minimum absolute atomic E-state index is 0.0288. The number of carbonyl (C=O) groups excluding carboxylic acids is 1. The Balaban J connectivity index is 1.38. The Labute approximate surface area is 157 Å². The summed E-state index contributed by atoms with van der Waals surface area (Å²) in [5.41, 5.74) is 1.77. The standard InChI is InChI=1S/C21H19ClN2O2/c22-18-7-3-1-6-16(18)13-21(25)24-12-11-17(14-24)26-20-10-9-15-5-2-4-8-19(15)23-20/h1-10,17H,11-14H2/t17-/m0/s1. The zero-order valence-corrected chi connectivity index (χ0v) is 15.0. The number of benzene rings is 2. The van der Waals surface area contributed by atoms with Gasteiger partial charge in [0.15, 0.2) is 0 Å². The van der Waals surface area contributed by atoms with Gasteiger partial charge in [0.05, 0.1) is 18.5 Å². The maximum Gasteiger partial charge on any atom is 0.227 e. The Hall–Kier alpha value is -2.59. The van der Waals surface area contributed by atoms with Gasteiger partial charge < -0.3 is 9.64 Å². The van der Waals surface area contributed by atoms with Crippen LogP contribution in [0.4, 0.5) is 0 Å². The van der Waals surface area contributed by atoms with Crippen molar-refractivity contribution in [2.45, 2.75) is 18.9 Å². The lowest BCUT2D eigenvalue weighted by molar-refractivity contribution is -0.129. The molecule has 2 aromatic carbocycles. The van der Waals surface area contributed by atoms with Crippen LogP contribution in [-0.4, -0.2) is 35.0 Å². The summed E-state index contributed by atoms with van der Waals surface area (Å²) >= 11 is 6.16. The summed E-state index contributed by atoms with van der Waals surface area (Å²) in [5.74, 6) is 0.685. The average Bonchev–Trinajstić information content (AvgIpc) is 3.12. The fourth-order valence-electron chi connectivity index (χ4n) is 3.25. The van der Waals surface area contributed by atoms with E-state index in [1.807, 2.05) is 65.6 Å². The summed E-state index contributed by atoms with van der Waals surface area (Å²) in [6, 6.07) is 19.3. The van der Waals surface area contributed by atoms with Crippen LogP contribution in [0.1, 0.15) is 12.0 Å². The largest absolute Gasteiger partial charge is 0.472 e. The number of rotatable bonds is 4. The van der Waals surface area contributed by atoms with Crippen molar-refractivity contribution in [3.05, 3.63) is 71.2 Å². The summed E-state index contributed by atoms with van der Waals surface area (Å²) in [5, 5.41) is 1.72. The normalized spacial score (nSPS) is 16.8. The van der Waals surface area contributed by atoms with Crippen molar-refractivity contribution in [2.75, 3.05) is 13.1 Å². The van der Waals surface area contributed by atoms with E-state index in [1.165, 1.54) is 0 Å². The first-order chi connectivity index (χ1) is 12.7. The highest BCUT2D eigenvalue weighted by Crippen LogP contribution is 2.22. The topological polar surface area (TPSA) is 42.4 Å². The Kier molecular flexibility index (Phi) is 4.76. The molecule has 1 aliphatic rings. The van der Waals surface area contributed by atoms with Gasteiger partial charge in [-0.3, -0.25) is 4.79 Å². The zero-order valence-electron chi connectivity index (χ0n) is 14.3. The molecule has 132 valence electrons. The molecule has 26 heavy (non-hydrogen) atoms. The molecule has 0 radical (unpaired) electrons. The van der Waals surface area contributed by atoms with Crippen molar-refractivity contribution < 1.29 is 9.53 Å². The molecule has 4 nitrogen and oxygen atoms in total. The third kappa shape index (κ3) is 3.65. The van der Waals surface area contributed by atoms with Gasteiger partial charge in [0.25, 0.3) is 0 Å². The molecule has 1 aromatic heterocycles. The molecule has 0 aliphatic carbocycles. The second kappa shape index (κ2) is 7.34. The number of hydrogen-bond acceptors (Lipinski definition) is 3. The first-order valence-corrected chi connectivity index (χ1v) is 9.10. The monoisotopic (exact) mass is 366 g/mol.